The quantitative estimate of drug-likeness (QED) is 0.119. The van der Waals surface area contributed by atoms with Crippen LogP contribution in [0.1, 0.15) is 71.6 Å². The van der Waals surface area contributed by atoms with Crippen LogP contribution in [0.4, 0.5) is 8.78 Å². The fraction of sp³-hybridized carbons (Fsp3) is 0.246. The molecule has 0 fully saturated rings. The molecule has 0 saturated carbocycles. The molecule has 0 spiro atoms. The Morgan fingerprint density at radius 3 is 1.24 bits per heavy atom. The van der Waals surface area contributed by atoms with Gasteiger partial charge in [-0.25, -0.2) is 13.6 Å². The second-order valence-corrected chi connectivity index (χ2v) is 15.3. The highest BCUT2D eigenvalue weighted by molar-refractivity contribution is 5.87. The average molecular weight is 919 g/mol. The van der Waals surface area contributed by atoms with Gasteiger partial charge in [0.2, 0.25) is 0 Å². The third-order valence-corrected chi connectivity index (χ3v) is 9.20. The molecule has 0 aliphatic carbocycles. The molecule has 0 heterocycles. The van der Waals surface area contributed by atoms with Crippen LogP contribution in [0.25, 0.3) is 0 Å². The predicted molar refractivity (Wildman–Crippen MR) is 267 cm³/mol. The highest BCUT2D eigenvalue weighted by Crippen LogP contribution is 2.13. The van der Waals surface area contributed by atoms with E-state index >= 15 is 0 Å². The summed E-state index contributed by atoms with van der Waals surface area (Å²) < 4.78 is 40.4. The molecule has 4 N–H and O–H groups in total. The first-order valence-corrected chi connectivity index (χ1v) is 21.4. The maximum absolute atomic E-state index is 13.0. The number of carbonyl (C=O) groups is 1. The molecule has 8 nitrogen and oxygen atoms in total. The number of methoxy groups -OCH3 is 3. The summed E-state index contributed by atoms with van der Waals surface area (Å²) in [6, 6.07) is 48.3. The maximum Gasteiger partial charge on any atom is 0.335 e. The fourth-order valence-electron chi connectivity index (χ4n) is 5.40. The molecule has 0 radical (unpaired) electrons. The molecule has 67 heavy (non-hydrogen) atoms. The van der Waals surface area contributed by atoms with Crippen molar-refractivity contribution in [2.24, 2.45) is 0 Å². The summed E-state index contributed by atoms with van der Waals surface area (Å²) in [6.45, 7) is 14.1. The van der Waals surface area contributed by atoms with E-state index in [0.29, 0.717) is 23.3 Å². The Balaban J connectivity index is 0.000000391. The minimum atomic E-state index is -0.872. The summed E-state index contributed by atoms with van der Waals surface area (Å²) in [5.41, 5.74) is 11.0. The molecule has 0 atom stereocenters. The molecule has 10 heteroatoms. The van der Waals surface area contributed by atoms with Gasteiger partial charge in [0.15, 0.2) is 0 Å². The minimum absolute atomic E-state index is 0.139. The van der Waals surface area contributed by atoms with Crippen LogP contribution in [-0.4, -0.2) is 47.7 Å². The topological polar surface area (TPSA) is 126 Å². The summed E-state index contributed by atoms with van der Waals surface area (Å²) in [6.07, 6.45) is 0. The van der Waals surface area contributed by atoms with Crippen molar-refractivity contribution in [2.75, 3.05) is 21.3 Å². The van der Waals surface area contributed by atoms with Crippen molar-refractivity contribution < 1.29 is 48.2 Å². The molecule has 358 valence electrons. The number of aliphatic hydroxyl groups excluding tert-OH is 3. The average Bonchev–Trinajstić information content (AvgIpc) is 3.32. The van der Waals surface area contributed by atoms with Crippen LogP contribution in [0.3, 0.4) is 0 Å². The highest BCUT2D eigenvalue weighted by Gasteiger charge is 2.01. The lowest BCUT2D eigenvalue weighted by Crippen LogP contribution is -1.95. The number of aryl methyl sites for hydroxylation is 7. The summed E-state index contributed by atoms with van der Waals surface area (Å²) >= 11 is 0. The van der Waals surface area contributed by atoms with Gasteiger partial charge in [-0.15, -0.1) is 0 Å². The Kier molecular flexibility index (Phi) is 29.4. The number of aromatic carboxylic acids is 1. The Morgan fingerprint density at radius 1 is 0.433 bits per heavy atom. The molecule has 0 bridgehead atoms. The van der Waals surface area contributed by atoms with Gasteiger partial charge in [-0.05, 0) is 125 Å². The SMILES string of the molecule is COCc1ccc(C)cc1F.COc1ccc(C)cc1.COc1cccc(C)c1.Cc1ccc(CO)c(F)c1.Cc1ccc(CO)cc1.Cc1cccc(C(=O)O)c1.Cc1cccc(CO)c1. The zero-order valence-corrected chi connectivity index (χ0v) is 40.5. The lowest BCUT2D eigenvalue weighted by atomic mass is 10.1. The first kappa shape index (κ1) is 58.3. The number of hydrogen-bond donors (Lipinski definition) is 4. The molecule has 0 aromatic heterocycles. The zero-order chi connectivity index (χ0) is 50.1. The van der Waals surface area contributed by atoms with E-state index < -0.39 is 5.97 Å². The number of aliphatic hydroxyl groups is 3. The second kappa shape index (κ2) is 33.7. The van der Waals surface area contributed by atoms with Crippen LogP contribution in [0.2, 0.25) is 0 Å². The van der Waals surface area contributed by atoms with Crippen LogP contribution in [0, 0.1) is 60.1 Å². The Bertz CT molecular complexity index is 2340. The number of halogens is 2. The van der Waals surface area contributed by atoms with E-state index in [-0.39, 0.29) is 31.5 Å². The Labute approximate surface area is 396 Å². The van der Waals surface area contributed by atoms with E-state index in [9.17, 15) is 13.6 Å². The third-order valence-electron chi connectivity index (χ3n) is 9.20. The predicted octanol–water partition coefficient (Wildman–Crippen LogP) is 12.6. The molecule has 0 saturated heterocycles. The molecular formula is C57H68F2O8. The molecule has 7 aromatic rings. The normalized spacial score (nSPS) is 9.54. The number of benzene rings is 7. The molecular weight excluding hydrogens is 851 g/mol. The monoisotopic (exact) mass is 918 g/mol. The number of ether oxygens (including phenoxy) is 3. The highest BCUT2D eigenvalue weighted by atomic mass is 19.1. The number of hydrogen-bond acceptors (Lipinski definition) is 7. The standard InChI is InChI=1S/C9H11FO.C8H9FO.C8H8O2.4C8H10O/c1-7-3-4-8(6-11-2)9(10)5-7;1-6-2-3-7(5-10)8(9)4-6;1-6-3-2-4-7(5-6)8(9)10;1-7-3-5-8(9-2)6-4-7;1-7-4-3-5-8(6-7)9-2;1-7-2-4-8(6-9)5-3-7;1-7-3-2-4-8(5-7)6-9/h3-5H,6H2,1-2H3;2-4,10H,5H2,1H3;2-5H,1H3,(H,9,10);2*3-6H,1-2H3;2*2-5,9H,6H2,1H3. The van der Waals surface area contributed by atoms with E-state index in [1.807, 2.05) is 151 Å². The number of carboxylic acid groups (broad SMARTS) is 1. The molecule has 0 aliphatic heterocycles. The van der Waals surface area contributed by atoms with E-state index in [1.54, 1.807) is 57.7 Å². The zero-order valence-electron chi connectivity index (χ0n) is 40.5. The van der Waals surface area contributed by atoms with Crippen molar-refractivity contribution in [3.8, 4) is 11.5 Å². The molecule has 0 amide bonds. The van der Waals surface area contributed by atoms with Gasteiger partial charge in [-0.1, -0.05) is 131 Å². The van der Waals surface area contributed by atoms with Gasteiger partial charge in [0.25, 0.3) is 0 Å². The van der Waals surface area contributed by atoms with E-state index in [1.165, 1.54) is 34.4 Å². The molecule has 7 aromatic carbocycles. The van der Waals surface area contributed by atoms with Gasteiger partial charge in [0.1, 0.15) is 23.1 Å². The first-order chi connectivity index (χ1) is 32.0. The summed E-state index contributed by atoms with van der Waals surface area (Å²) in [4.78, 5) is 10.4. The number of rotatable bonds is 8. The smallest absolute Gasteiger partial charge is 0.335 e. The maximum atomic E-state index is 13.0. The Morgan fingerprint density at radius 2 is 0.866 bits per heavy atom. The minimum Gasteiger partial charge on any atom is -0.497 e. The summed E-state index contributed by atoms with van der Waals surface area (Å²) in [5, 5.41) is 34.4. The van der Waals surface area contributed by atoms with Gasteiger partial charge in [-0.2, -0.15) is 0 Å². The van der Waals surface area contributed by atoms with Crippen molar-refractivity contribution in [1.82, 2.24) is 0 Å². The van der Waals surface area contributed by atoms with Gasteiger partial charge < -0.3 is 34.6 Å². The second-order valence-electron chi connectivity index (χ2n) is 15.3. The van der Waals surface area contributed by atoms with Crippen molar-refractivity contribution in [3.05, 3.63) is 236 Å². The lowest BCUT2D eigenvalue weighted by Gasteiger charge is -2.01. The molecule has 0 unspecified atom stereocenters. The van der Waals surface area contributed by atoms with Crippen LogP contribution in [0.5, 0.6) is 11.5 Å². The summed E-state index contributed by atoms with van der Waals surface area (Å²) in [7, 11) is 4.90. The molecule has 7 rings (SSSR count). The van der Waals surface area contributed by atoms with Crippen molar-refractivity contribution in [3.63, 3.8) is 0 Å². The van der Waals surface area contributed by atoms with E-state index in [2.05, 4.69) is 6.92 Å². The van der Waals surface area contributed by atoms with E-state index in [4.69, 9.17) is 34.6 Å². The largest absolute Gasteiger partial charge is 0.497 e. The van der Waals surface area contributed by atoms with Gasteiger partial charge >= 0.3 is 5.97 Å². The fourth-order valence-corrected chi connectivity index (χ4v) is 5.40. The van der Waals surface area contributed by atoms with Crippen LogP contribution in [-0.2, 0) is 31.2 Å². The van der Waals surface area contributed by atoms with Crippen molar-refractivity contribution in [2.45, 2.75) is 74.9 Å². The van der Waals surface area contributed by atoms with Crippen molar-refractivity contribution >= 4 is 5.97 Å². The third kappa shape index (κ3) is 26.1. The van der Waals surface area contributed by atoms with Crippen molar-refractivity contribution in [1.29, 1.82) is 0 Å². The summed E-state index contributed by atoms with van der Waals surface area (Å²) in [5.74, 6) is 0.452. The van der Waals surface area contributed by atoms with Crippen LogP contribution in [0.15, 0.2) is 158 Å². The van der Waals surface area contributed by atoms with Gasteiger partial charge in [0, 0.05) is 18.2 Å². The van der Waals surface area contributed by atoms with Crippen LogP contribution >= 0.6 is 0 Å². The van der Waals surface area contributed by atoms with Crippen LogP contribution < -0.4 is 9.47 Å². The lowest BCUT2D eigenvalue weighted by molar-refractivity contribution is 0.0696. The van der Waals surface area contributed by atoms with E-state index in [0.717, 1.165) is 39.3 Å². The first-order valence-electron chi connectivity index (χ1n) is 21.4. The Hall–Kier alpha value is -6.69. The number of carboxylic acids is 1. The van der Waals surface area contributed by atoms with Gasteiger partial charge in [0.05, 0.1) is 46.2 Å². The van der Waals surface area contributed by atoms with Gasteiger partial charge in [-0.3, -0.25) is 0 Å². The molecule has 0 aliphatic rings.